The third-order valence-corrected chi connectivity index (χ3v) is 3.37. The summed E-state index contributed by atoms with van der Waals surface area (Å²) in [5.74, 6) is 1.14. The highest BCUT2D eigenvalue weighted by molar-refractivity contribution is 7.98. The van der Waals surface area contributed by atoms with Crippen molar-refractivity contribution in [1.82, 2.24) is 10.2 Å². The highest BCUT2D eigenvalue weighted by Crippen LogP contribution is 2.18. The number of nitrogens with one attached hydrogen (secondary N) is 1. The number of piperidine rings is 1. The molecule has 2 N–H and O–H groups in total. The molecule has 1 heterocycles. The summed E-state index contributed by atoms with van der Waals surface area (Å²) < 4.78 is 0. The van der Waals surface area contributed by atoms with Crippen molar-refractivity contribution >= 4 is 11.8 Å². The number of hydrogen-bond donors (Lipinski definition) is 2. The second-order valence-corrected chi connectivity index (χ2v) is 5.19. The molecule has 1 aliphatic heterocycles. The second kappa shape index (κ2) is 5.95. The van der Waals surface area contributed by atoms with Crippen molar-refractivity contribution < 1.29 is 5.11 Å². The molecule has 0 radical (unpaired) electrons. The maximum absolute atomic E-state index is 10.3. The van der Waals surface area contributed by atoms with Gasteiger partial charge in [-0.2, -0.15) is 11.8 Å². The summed E-state index contributed by atoms with van der Waals surface area (Å²) in [6.45, 7) is 3.78. The molecule has 4 heteroatoms. The quantitative estimate of drug-likeness (QED) is 0.700. The number of thioether (sulfide) groups is 1. The van der Waals surface area contributed by atoms with Crippen LogP contribution in [0.3, 0.4) is 0 Å². The molecular weight excluding hydrogens is 196 g/mol. The summed E-state index contributed by atoms with van der Waals surface area (Å²) in [7, 11) is 2.09. The van der Waals surface area contributed by atoms with Crippen LogP contribution in [0.1, 0.15) is 12.8 Å². The molecule has 84 valence electrons. The van der Waals surface area contributed by atoms with Crippen molar-refractivity contribution in [3.63, 3.8) is 0 Å². The van der Waals surface area contributed by atoms with Crippen LogP contribution in [0.5, 0.6) is 0 Å². The lowest BCUT2D eigenvalue weighted by Crippen LogP contribution is -2.49. The largest absolute Gasteiger partial charge is 0.388 e. The summed E-state index contributed by atoms with van der Waals surface area (Å²) in [5, 5.41) is 13.5. The van der Waals surface area contributed by atoms with Crippen molar-refractivity contribution in [1.29, 1.82) is 0 Å². The lowest BCUT2D eigenvalue weighted by Gasteiger charge is -2.35. The zero-order chi connectivity index (χ0) is 10.4. The normalized spacial score (nSPS) is 21.4. The Kier molecular flexibility index (Phi) is 5.23. The molecule has 1 saturated heterocycles. The Hall–Kier alpha value is 0.230. The maximum Gasteiger partial charge on any atom is 0.0798 e. The molecule has 1 rings (SSSR count). The van der Waals surface area contributed by atoms with Gasteiger partial charge in [-0.1, -0.05) is 0 Å². The molecule has 0 aromatic carbocycles. The van der Waals surface area contributed by atoms with E-state index in [1.165, 1.54) is 0 Å². The van der Waals surface area contributed by atoms with E-state index in [0.717, 1.165) is 44.8 Å². The smallest absolute Gasteiger partial charge is 0.0798 e. The van der Waals surface area contributed by atoms with Gasteiger partial charge in [0.2, 0.25) is 0 Å². The van der Waals surface area contributed by atoms with E-state index in [2.05, 4.69) is 23.5 Å². The van der Waals surface area contributed by atoms with Gasteiger partial charge in [-0.25, -0.2) is 0 Å². The first kappa shape index (κ1) is 12.3. The van der Waals surface area contributed by atoms with Crippen LogP contribution in [0, 0.1) is 0 Å². The van der Waals surface area contributed by atoms with Crippen molar-refractivity contribution in [2.24, 2.45) is 0 Å². The highest BCUT2D eigenvalue weighted by atomic mass is 32.2. The van der Waals surface area contributed by atoms with Gasteiger partial charge in [0.05, 0.1) is 5.60 Å². The average Bonchev–Trinajstić information content (AvgIpc) is 2.15. The molecule has 0 amide bonds. The fourth-order valence-corrected chi connectivity index (χ4v) is 2.37. The van der Waals surface area contributed by atoms with Gasteiger partial charge in [0.25, 0.3) is 0 Å². The van der Waals surface area contributed by atoms with Crippen LogP contribution >= 0.6 is 11.8 Å². The summed E-state index contributed by atoms with van der Waals surface area (Å²) in [4.78, 5) is 2.24. The van der Waals surface area contributed by atoms with Crippen LogP contribution in [0.25, 0.3) is 0 Å². The Labute approximate surface area is 91.2 Å². The number of nitrogens with zero attached hydrogens (tertiary/aromatic N) is 1. The SMILES string of the molecule is CSCCN(C)CC1(O)CCNCC1. The Morgan fingerprint density at radius 2 is 2.07 bits per heavy atom. The van der Waals surface area contributed by atoms with Crippen LogP contribution in [0.4, 0.5) is 0 Å². The third kappa shape index (κ3) is 4.17. The third-order valence-electron chi connectivity index (χ3n) is 2.78. The summed E-state index contributed by atoms with van der Waals surface area (Å²) in [6.07, 6.45) is 3.89. The Morgan fingerprint density at radius 3 is 2.64 bits per heavy atom. The molecule has 14 heavy (non-hydrogen) atoms. The predicted octanol–water partition coefficient (Wildman–Crippen LogP) is 0.396. The van der Waals surface area contributed by atoms with Gasteiger partial charge in [0, 0.05) is 18.8 Å². The number of aliphatic hydroxyl groups is 1. The summed E-state index contributed by atoms with van der Waals surface area (Å²) in [6, 6.07) is 0. The number of likely N-dealkylation sites (N-methyl/N-ethyl adjacent to an activating group) is 1. The first-order valence-electron chi connectivity index (χ1n) is 5.27. The predicted molar refractivity (Wildman–Crippen MR) is 62.9 cm³/mol. The molecule has 0 aliphatic carbocycles. The van der Waals surface area contributed by atoms with Crippen molar-refractivity contribution in [3.05, 3.63) is 0 Å². The second-order valence-electron chi connectivity index (χ2n) is 4.20. The lowest BCUT2D eigenvalue weighted by atomic mass is 9.92. The minimum atomic E-state index is -0.446. The zero-order valence-electron chi connectivity index (χ0n) is 9.25. The van der Waals surface area contributed by atoms with E-state index in [-0.39, 0.29) is 0 Å². The first-order chi connectivity index (χ1) is 6.66. The van der Waals surface area contributed by atoms with E-state index >= 15 is 0 Å². The van der Waals surface area contributed by atoms with Crippen LogP contribution in [0.15, 0.2) is 0 Å². The average molecular weight is 218 g/mol. The van der Waals surface area contributed by atoms with E-state index in [4.69, 9.17) is 0 Å². The van der Waals surface area contributed by atoms with Gasteiger partial charge in [-0.15, -0.1) is 0 Å². The molecule has 0 atom stereocenters. The number of hydrogen-bond acceptors (Lipinski definition) is 4. The van der Waals surface area contributed by atoms with E-state index < -0.39 is 5.60 Å². The van der Waals surface area contributed by atoms with Crippen LogP contribution in [-0.2, 0) is 0 Å². The molecule has 0 saturated carbocycles. The molecule has 1 aliphatic rings. The minimum Gasteiger partial charge on any atom is -0.388 e. The van der Waals surface area contributed by atoms with Crippen LogP contribution < -0.4 is 5.32 Å². The van der Waals surface area contributed by atoms with Crippen molar-refractivity contribution in [3.8, 4) is 0 Å². The molecule has 1 fully saturated rings. The highest BCUT2D eigenvalue weighted by Gasteiger charge is 2.29. The first-order valence-corrected chi connectivity index (χ1v) is 6.66. The Bertz CT molecular complexity index is 160. The molecule has 0 unspecified atom stereocenters. The monoisotopic (exact) mass is 218 g/mol. The van der Waals surface area contributed by atoms with E-state index in [9.17, 15) is 5.11 Å². The zero-order valence-corrected chi connectivity index (χ0v) is 10.1. The van der Waals surface area contributed by atoms with E-state index in [1.54, 1.807) is 0 Å². The number of rotatable bonds is 5. The van der Waals surface area contributed by atoms with Gasteiger partial charge >= 0.3 is 0 Å². The van der Waals surface area contributed by atoms with E-state index in [1.807, 2.05) is 11.8 Å². The van der Waals surface area contributed by atoms with Gasteiger partial charge < -0.3 is 15.3 Å². The molecule has 0 aromatic heterocycles. The standard InChI is InChI=1S/C10H22N2OS/c1-12(7-8-14-2)9-10(13)3-5-11-6-4-10/h11,13H,3-9H2,1-2H3. The molecule has 0 spiro atoms. The fourth-order valence-electron chi connectivity index (χ4n) is 1.88. The van der Waals surface area contributed by atoms with Gasteiger partial charge in [-0.3, -0.25) is 0 Å². The van der Waals surface area contributed by atoms with Crippen molar-refractivity contribution in [2.45, 2.75) is 18.4 Å². The molecular formula is C10H22N2OS. The molecule has 0 aromatic rings. The van der Waals surface area contributed by atoms with Crippen molar-refractivity contribution in [2.75, 3.05) is 45.2 Å². The van der Waals surface area contributed by atoms with E-state index in [0.29, 0.717) is 0 Å². The van der Waals surface area contributed by atoms with Gasteiger partial charge in [-0.05, 0) is 39.2 Å². The lowest BCUT2D eigenvalue weighted by molar-refractivity contribution is -0.0140. The molecule has 3 nitrogen and oxygen atoms in total. The summed E-state index contributed by atoms with van der Waals surface area (Å²) in [5.41, 5.74) is -0.446. The maximum atomic E-state index is 10.3. The van der Waals surface area contributed by atoms with Gasteiger partial charge in [0.1, 0.15) is 0 Å². The summed E-state index contributed by atoms with van der Waals surface area (Å²) >= 11 is 1.86. The Morgan fingerprint density at radius 1 is 1.43 bits per heavy atom. The minimum absolute atomic E-state index is 0.446. The topological polar surface area (TPSA) is 35.5 Å². The molecule has 0 bridgehead atoms. The Balaban J connectivity index is 2.25. The fraction of sp³-hybridized carbons (Fsp3) is 1.00. The van der Waals surface area contributed by atoms with Crippen LogP contribution in [-0.4, -0.2) is 60.8 Å². The van der Waals surface area contributed by atoms with Crippen LogP contribution in [0.2, 0.25) is 0 Å². The van der Waals surface area contributed by atoms with Gasteiger partial charge in [0.15, 0.2) is 0 Å².